The normalized spacial score (nSPS) is 11.0. The van der Waals surface area contributed by atoms with Crippen LogP contribution in [0, 0.1) is 0 Å². The minimum atomic E-state index is -4.18. The summed E-state index contributed by atoms with van der Waals surface area (Å²) in [6.07, 6.45) is 0. The third kappa shape index (κ3) is 5.45. The van der Waals surface area contributed by atoms with E-state index < -0.39 is 15.9 Å². The second kappa shape index (κ2) is 10.1. The van der Waals surface area contributed by atoms with Gasteiger partial charge in [-0.2, -0.15) is 0 Å². The van der Waals surface area contributed by atoms with E-state index in [1.165, 1.54) is 44.6 Å². The zero-order valence-electron chi connectivity index (χ0n) is 17.2. The van der Waals surface area contributed by atoms with Crippen molar-refractivity contribution in [1.82, 2.24) is 5.32 Å². The fourth-order valence-electron chi connectivity index (χ4n) is 2.87. The molecule has 0 aliphatic rings. The maximum Gasteiger partial charge on any atom is 0.263 e. The molecule has 168 valence electrons. The average molecular weight is 495 g/mol. The zero-order valence-corrected chi connectivity index (χ0v) is 19.5. The summed E-state index contributed by atoms with van der Waals surface area (Å²) in [7, 11) is -1.37. The highest BCUT2D eigenvalue weighted by molar-refractivity contribution is 7.92. The van der Waals surface area contributed by atoms with E-state index >= 15 is 0 Å². The molecule has 10 heteroatoms. The number of halogens is 2. The van der Waals surface area contributed by atoms with E-state index in [0.717, 1.165) is 5.56 Å². The van der Waals surface area contributed by atoms with Crippen molar-refractivity contribution in [2.45, 2.75) is 11.4 Å². The number of ether oxygens (including phenoxy) is 2. The number of methoxy groups -OCH3 is 2. The predicted octanol–water partition coefficient (Wildman–Crippen LogP) is 4.74. The van der Waals surface area contributed by atoms with Crippen LogP contribution in [-0.2, 0) is 16.6 Å². The highest BCUT2D eigenvalue weighted by atomic mass is 35.5. The van der Waals surface area contributed by atoms with E-state index in [1.54, 1.807) is 0 Å². The van der Waals surface area contributed by atoms with Gasteiger partial charge < -0.3 is 14.8 Å². The fraction of sp³-hybridized carbons (Fsp3) is 0.136. The molecule has 0 radical (unpaired) electrons. The highest BCUT2D eigenvalue weighted by Crippen LogP contribution is 2.37. The third-order valence-electron chi connectivity index (χ3n) is 4.50. The molecular weight excluding hydrogens is 475 g/mol. The van der Waals surface area contributed by atoms with Crippen LogP contribution in [-0.4, -0.2) is 28.5 Å². The number of amides is 1. The summed E-state index contributed by atoms with van der Waals surface area (Å²) in [5.41, 5.74) is 1.14. The summed E-state index contributed by atoms with van der Waals surface area (Å²) in [6.45, 7) is 0.296. The molecule has 0 atom stereocenters. The molecule has 2 N–H and O–H groups in total. The third-order valence-corrected chi connectivity index (χ3v) is 6.64. The van der Waals surface area contributed by atoms with Gasteiger partial charge in [-0.25, -0.2) is 8.42 Å². The Hall–Kier alpha value is -2.94. The van der Waals surface area contributed by atoms with Gasteiger partial charge in [0.25, 0.3) is 15.9 Å². The monoisotopic (exact) mass is 494 g/mol. The molecule has 3 aromatic rings. The Kier molecular flexibility index (Phi) is 7.50. The number of benzene rings is 3. The molecule has 0 heterocycles. The molecule has 7 nitrogen and oxygen atoms in total. The Balaban J connectivity index is 1.87. The van der Waals surface area contributed by atoms with Gasteiger partial charge >= 0.3 is 0 Å². The van der Waals surface area contributed by atoms with Gasteiger partial charge in [-0.15, -0.1) is 0 Å². The average Bonchev–Trinajstić information content (AvgIpc) is 2.78. The second-order valence-corrected chi connectivity index (χ2v) is 9.07. The first-order valence-corrected chi connectivity index (χ1v) is 11.5. The van der Waals surface area contributed by atoms with Gasteiger partial charge in [0, 0.05) is 18.2 Å². The Morgan fingerprint density at radius 2 is 1.59 bits per heavy atom. The van der Waals surface area contributed by atoms with Crippen LogP contribution in [0.4, 0.5) is 5.69 Å². The smallest absolute Gasteiger partial charge is 0.263 e. The first-order valence-electron chi connectivity index (χ1n) is 9.31. The molecule has 1 amide bonds. The lowest BCUT2D eigenvalue weighted by Crippen LogP contribution is -2.23. The van der Waals surface area contributed by atoms with Crippen LogP contribution in [0.25, 0.3) is 0 Å². The van der Waals surface area contributed by atoms with E-state index in [0.29, 0.717) is 12.3 Å². The Labute approximate surface area is 196 Å². The summed E-state index contributed by atoms with van der Waals surface area (Å²) < 4.78 is 38.9. The second-order valence-electron chi connectivity index (χ2n) is 6.61. The highest BCUT2D eigenvalue weighted by Gasteiger charge is 2.23. The Morgan fingerprint density at radius 3 is 2.25 bits per heavy atom. The van der Waals surface area contributed by atoms with Crippen molar-refractivity contribution in [3.63, 3.8) is 0 Å². The van der Waals surface area contributed by atoms with Crippen molar-refractivity contribution < 1.29 is 22.7 Å². The summed E-state index contributed by atoms with van der Waals surface area (Å²) in [5.74, 6) is 0.0799. The van der Waals surface area contributed by atoms with Crippen molar-refractivity contribution in [2.24, 2.45) is 0 Å². The van der Waals surface area contributed by atoms with E-state index in [9.17, 15) is 13.2 Å². The van der Waals surface area contributed by atoms with Gasteiger partial charge in [0.05, 0.1) is 30.0 Å². The molecule has 0 aromatic heterocycles. The van der Waals surface area contributed by atoms with Gasteiger partial charge in [-0.3, -0.25) is 9.52 Å². The Morgan fingerprint density at radius 1 is 0.906 bits per heavy atom. The topological polar surface area (TPSA) is 93.7 Å². The van der Waals surface area contributed by atoms with Crippen molar-refractivity contribution in [3.8, 4) is 11.5 Å². The van der Waals surface area contributed by atoms with Crippen LogP contribution in [0.2, 0.25) is 10.0 Å². The van der Waals surface area contributed by atoms with E-state index in [4.69, 9.17) is 32.7 Å². The van der Waals surface area contributed by atoms with E-state index in [2.05, 4.69) is 10.0 Å². The number of hydrogen-bond acceptors (Lipinski definition) is 5. The number of carbonyl (C=O) groups is 1. The lowest BCUT2D eigenvalue weighted by molar-refractivity contribution is 0.0950. The van der Waals surface area contributed by atoms with Gasteiger partial charge in [0.2, 0.25) is 0 Å². The maximum absolute atomic E-state index is 13.1. The van der Waals surface area contributed by atoms with Crippen molar-refractivity contribution >= 4 is 44.8 Å². The first-order chi connectivity index (χ1) is 15.2. The molecule has 3 rings (SSSR count). The molecule has 0 saturated carbocycles. The largest absolute Gasteiger partial charge is 0.495 e. The molecular formula is C22H20Cl2N2O5S. The van der Waals surface area contributed by atoms with Crippen LogP contribution < -0.4 is 19.5 Å². The molecule has 0 unspecified atom stereocenters. The molecule has 32 heavy (non-hydrogen) atoms. The number of nitrogens with one attached hydrogen (secondary N) is 2. The number of rotatable bonds is 8. The SMILES string of the molecule is COc1cc(OC)c(NS(=O)(=O)c2cc(C(=O)NCc3ccccc3)ccc2Cl)cc1Cl. The number of carbonyl (C=O) groups excluding carboxylic acids is 1. The predicted molar refractivity (Wildman–Crippen MR) is 124 cm³/mol. The van der Waals surface area contributed by atoms with E-state index in [-0.39, 0.29) is 31.9 Å². The maximum atomic E-state index is 13.1. The summed E-state index contributed by atoms with van der Waals surface area (Å²) in [6, 6.07) is 16.2. The van der Waals surface area contributed by atoms with Crippen molar-refractivity contribution in [1.29, 1.82) is 0 Å². The number of hydrogen-bond donors (Lipinski definition) is 2. The molecule has 0 spiro atoms. The number of anilines is 1. The van der Waals surface area contributed by atoms with Crippen LogP contribution in [0.15, 0.2) is 65.6 Å². The zero-order chi connectivity index (χ0) is 23.3. The van der Waals surface area contributed by atoms with Gasteiger partial charge in [0.1, 0.15) is 16.4 Å². The molecule has 0 saturated heterocycles. The van der Waals surface area contributed by atoms with Crippen molar-refractivity contribution in [3.05, 3.63) is 81.8 Å². The number of sulfonamides is 1. The summed E-state index contributed by atoms with van der Waals surface area (Å²) >= 11 is 12.3. The van der Waals surface area contributed by atoms with Crippen LogP contribution in [0.3, 0.4) is 0 Å². The molecule has 0 bridgehead atoms. The molecule has 3 aromatic carbocycles. The lowest BCUT2D eigenvalue weighted by atomic mass is 10.2. The van der Waals surface area contributed by atoms with Gasteiger partial charge in [-0.05, 0) is 29.8 Å². The fourth-order valence-corrected chi connectivity index (χ4v) is 4.70. The lowest BCUT2D eigenvalue weighted by Gasteiger charge is -2.15. The van der Waals surface area contributed by atoms with Crippen LogP contribution in [0.5, 0.6) is 11.5 Å². The van der Waals surface area contributed by atoms with Gasteiger partial charge in [-0.1, -0.05) is 53.5 Å². The van der Waals surface area contributed by atoms with Crippen LogP contribution >= 0.6 is 23.2 Å². The molecule has 0 aliphatic heterocycles. The standard InChI is InChI=1S/C22H20Cl2N2O5S/c1-30-19-12-20(31-2)18(11-17(19)24)26-32(28,29)21-10-15(8-9-16(21)23)22(27)25-13-14-6-4-3-5-7-14/h3-12,26H,13H2,1-2H3,(H,25,27). The van der Waals surface area contributed by atoms with Crippen LogP contribution in [0.1, 0.15) is 15.9 Å². The van der Waals surface area contributed by atoms with Gasteiger partial charge in [0.15, 0.2) is 0 Å². The minimum absolute atomic E-state index is 0.0457. The quantitative estimate of drug-likeness (QED) is 0.471. The minimum Gasteiger partial charge on any atom is -0.495 e. The van der Waals surface area contributed by atoms with Crippen molar-refractivity contribution in [2.75, 3.05) is 18.9 Å². The molecule has 0 aliphatic carbocycles. The Bertz CT molecular complexity index is 1230. The summed E-state index contributed by atoms with van der Waals surface area (Å²) in [4.78, 5) is 12.3. The summed E-state index contributed by atoms with van der Waals surface area (Å²) in [5, 5.41) is 2.89. The van der Waals surface area contributed by atoms with E-state index in [1.807, 2.05) is 30.3 Å². The molecule has 0 fully saturated rings. The first kappa shape index (κ1) is 23.7.